The van der Waals surface area contributed by atoms with E-state index in [0.29, 0.717) is 49.7 Å². The zero-order valence-electron chi connectivity index (χ0n) is 19.3. The van der Waals surface area contributed by atoms with Gasteiger partial charge in [-0.05, 0) is 66.2 Å². The van der Waals surface area contributed by atoms with Gasteiger partial charge in [0, 0.05) is 22.3 Å². The molecule has 0 fully saturated rings. The Kier molecular flexibility index (Phi) is 14.9. The summed E-state index contributed by atoms with van der Waals surface area (Å²) in [4.78, 5) is 45.1. The van der Waals surface area contributed by atoms with E-state index in [9.17, 15) is 19.2 Å². The minimum atomic E-state index is -0.956. The van der Waals surface area contributed by atoms with E-state index < -0.39 is 23.9 Å². The van der Waals surface area contributed by atoms with E-state index in [1.54, 1.807) is 38.2 Å². The zero-order valence-corrected chi connectivity index (χ0v) is 19.3. The number of carboxylic acid groups (broad SMARTS) is 2. The number of hydrogen-bond donors (Lipinski definition) is 2. The fourth-order valence-electron chi connectivity index (χ4n) is 2.30. The fourth-order valence-corrected chi connectivity index (χ4v) is 2.30. The summed E-state index contributed by atoms with van der Waals surface area (Å²) in [6, 6.07) is 0. The second-order valence-corrected chi connectivity index (χ2v) is 7.29. The third-order valence-corrected chi connectivity index (χ3v) is 4.46. The number of carbonyl (C=O) groups is 4. The molecule has 0 aromatic heterocycles. The summed E-state index contributed by atoms with van der Waals surface area (Å²) in [6.07, 6.45) is 9.88. The molecule has 178 valence electrons. The van der Waals surface area contributed by atoms with Crippen molar-refractivity contribution < 1.29 is 38.9 Å². The summed E-state index contributed by atoms with van der Waals surface area (Å²) in [7, 11) is 0. The van der Waals surface area contributed by atoms with Gasteiger partial charge in [0.2, 0.25) is 0 Å². The van der Waals surface area contributed by atoms with E-state index in [4.69, 9.17) is 19.7 Å². The van der Waals surface area contributed by atoms with Gasteiger partial charge in [0.25, 0.3) is 0 Å². The highest BCUT2D eigenvalue weighted by Gasteiger charge is 2.07. The van der Waals surface area contributed by atoms with E-state index >= 15 is 0 Å². The normalized spacial score (nSPS) is 13.0. The maximum atomic E-state index is 11.9. The van der Waals surface area contributed by atoms with E-state index in [2.05, 4.69) is 0 Å². The molecular weight excluding hydrogens is 416 g/mol. The molecule has 0 aliphatic heterocycles. The Hall–Kier alpha value is -3.16. The lowest BCUT2D eigenvalue weighted by Gasteiger charge is -2.07. The van der Waals surface area contributed by atoms with Gasteiger partial charge in [0.1, 0.15) is 0 Å². The number of ether oxygens (including phenoxy) is 2. The van der Waals surface area contributed by atoms with Gasteiger partial charge in [-0.25, -0.2) is 19.2 Å². The molecule has 0 atom stereocenters. The average molecular weight is 451 g/mol. The van der Waals surface area contributed by atoms with Gasteiger partial charge in [-0.2, -0.15) is 0 Å². The van der Waals surface area contributed by atoms with E-state index in [1.165, 1.54) is 13.8 Å². The van der Waals surface area contributed by atoms with Crippen LogP contribution in [0.3, 0.4) is 0 Å². The van der Waals surface area contributed by atoms with E-state index in [1.807, 2.05) is 0 Å². The molecule has 0 amide bonds. The van der Waals surface area contributed by atoms with Gasteiger partial charge in [-0.1, -0.05) is 24.3 Å². The lowest BCUT2D eigenvalue weighted by atomic mass is 10.1. The van der Waals surface area contributed by atoms with Crippen molar-refractivity contribution in [1.29, 1.82) is 0 Å². The minimum absolute atomic E-state index is 0.212. The predicted molar refractivity (Wildman–Crippen MR) is 120 cm³/mol. The third kappa shape index (κ3) is 14.0. The molecule has 0 bridgehead atoms. The van der Waals surface area contributed by atoms with Crippen LogP contribution in [0.2, 0.25) is 0 Å². The third-order valence-electron chi connectivity index (χ3n) is 4.46. The van der Waals surface area contributed by atoms with Crippen molar-refractivity contribution in [2.75, 3.05) is 13.2 Å². The minimum Gasteiger partial charge on any atom is -0.478 e. The highest BCUT2D eigenvalue weighted by atomic mass is 16.5. The Labute approximate surface area is 189 Å². The molecule has 2 N–H and O–H groups in total. The first kappa shape index (κ1) is 28.8. The molecule has 0 saturated carbocycles. The summed E-state index contributed by atoms with van der Waals surface area (Å²) < 4.78 is 10.3. The number of carboxylic acids is 2. The predicted octanol–water partition coefficient (Wildman–Crippen LogP) is 4.37. The Morgan fingerprint density at radius 1 is 0.562 bits per heavy atom. The van der Waals surface area contributed by atoms with Gasteiger partial charge >= 0.3 is 23.9 Å². The number of hydrogen-bond acceptors (Lipinski definition) is 6. The molecule has 0 aromatic carbocycles. The highest BCUT2D eigenvalue weighted by Crippen LogP contribution is 2.07. The number of unbranched alkanes of at least 4 members (excludes halogenated alkanes) is 3. The molecule has 0 aliphatic carbocycles. The van der Waals surface area contributed by atoms with Gasteiger partial charge in [0.15, 0.2) is 0 Å². The van der Waals surface area contributed by atoms with Crippen LogP contribution in [0, 0.1) is 0 Å². The van der Waals surface area contributed by atoms with E-state index in [-0.39, 0.29) is 24.4 Å². The maximum absolute atomic E-state index is 11.9. The first-order valence-electron chi connectivity index (χ1n) is 10.5. The van der Waals surface area contributed by atoms with Crippen molar-refractivity contribution in [3.63, 3.8) is 0 Å². The number of esters is 2. The molecule has 0 unspecified atom stereocenters. The first-order valence-corrected chi connectivity index (χ1v) is 10.5. The summed E-state index contributed by atoms with van der Waals surface area (Å²) in [6.45, 7) is 6.75. The molecule has 8 heteroatoms. The van der Waals surface area contributed by atoms with Crippen LogP contribution in [0.5, 0.6) is 0 Å². The molecule has 0 aliphatic rings. The average Bonchev–Trinajstić information content (AvgIpc) is 2.75. The van der Waals surface area contributed by atoms with Gasteiger partial charge < -0.3 is 19.7 Å². The lowest BCUT2D eigenvalue weighted by molar-refractivity contribution is -0.141. The molecule has 0 heterocycles. The van der Waals surface area contributed by atoms with Crippen molar-refractivity contribution in [2.45, 2.75) is 66.2 Å². The Balaban J connectivity index is 4.03. The zero-order chi connectivity index (χ0) is 24.5. The van der Waals surface area contributed by atoms with Crippen molar-refractivity contribution in [1.82, 2.24) is 0 Å². The monoisotopic (exact) mass is 450 g/mol. The van der Waals surface area contributed by atoms with Crippen molar-refractivity contribution in [3.05, 3.63) is 46.6 Å². The smallest absolute Gasteiger partial charge is 0.333 e. The molecule has 8 nitrogen and oxygen atoms in total. The standard InChI is InChI=1S/C24H34O8/c1-17(21(25)26)11-5-7-13-19(3)23(29)31-15-9-10-16-32-24(30)20(4)14-8-6-12-18(2)22(27)28/h11-14H,5-10,15-16H2,1-4H3,(H,25,26)(H,27,28)/b17-11+,18-12+,19-13+,20-14+. The first-order chi connectivity index (χ1) is 15.1. The Morgan fingerprint density at radius 3 is 1.12 bits per heavy atom. The SMILES string of the molecule is C/C(=C\CC/C=C(\C)C(=O)OCCCCOC(=O)/C(C)=C/CC/C=C(\C)C(=O)O)C(=O)O. The molecular formula is C24H34O8. The molecule has 32 heavy (non-hydrogen) atoms. The van der Waals surface area contributed by atoms with Crippen LogP contribution in [0.1, 0.15) is 66.2 Å². The number of rotatable bonds is 15. The largest absolute Gasteiger partial charge is 0.478 e. The quantitative estimate of drug-likeness (QED) is 0.214. The number of carbonyl (C=O) groups excluding carboxylic acids is 2. The summed E-state index contributed by atoms with van der Waals surface area (Å²) in [5.74, 6) is -2.76. The summed E-state index contributed by atoms with van der Waals surface area (Å²) in [5, 5.41) is 17.5. The second-order valence-electron chi connectivity index (χ2n) is 7.29. The van der Waals surface area contributed by atoms with Crippen molar-refractivity contribution in [2.24, 2.45) is 0 Å². The van der Waals surface area contributed by atoms with Gasteiger partial charge in [0.05, 0.1) is 13.2 Å². The number of aliphatic carboxylic acids is 2. The van der Waals surface area contributed by atoms with Crippen molar-refractivity contribution >= 4 is 23.9 Å². The molecule has 0 spiro atoms. The summed E-state index contributed by atoms with van der Waals surface area (Å²) in [5.41, 5.74) is 1.47. The maximum Gasteiger partial charge on any atom is 0.333 e. The van der Waals surface area contributed by atoms with Crippen molar-refractivity contribution in [3.8, 4) is 0 Å². The molecule has 0 saturated heterocycles. The lowest BCUT2D eigenvalue weighted by Crippen LogP contribution is -2.10. The second kappa shape index (κ2) is 16.5. The van der Waals surface area contributed by atoms with Crippen LogP contribution in [0.15, 0.2) is 46.6 Å². The fraction of sp³-hybridized carbons (Fsp3) is 0.500. The van der Waals surface area contributed by atoms with E-state index in [0.717, 1.165) is 0 Å². The van der Waals surface area contributed by atoms with Crippen LogP contribution >= 0.6 is 0 Å². The van der Waals surface area contributed by atoms with Crippen LogP contribution < -0.4 is 0 Å². The van der Waals surface area contributed by atoms with Crippen LogP contribution in [0.25, 0.3) is 0 Å². The van der Waals surface area contributed by atoms with Crippen LogP contribution in [-0.4, -0.2) is 47.3 Å². The Morgan fingerprint density at radius 2 is 0.844 bits per heavy atom. The highest BCUT2D eigenvalue weighted by molar-refractivity contribution is 5.88. The topological polar surface area (TPSA) is 127 Å². The molecule has 0 rings (SSSR count). The Bertz CT molecular complexity index is 718. The number of allylic oxidation sites excluding steroid dienone is 4. The van der Waals surface area contributed by atoms with Crippen LogP contribution in [0.4, 0.5) is 0 Å². The van der Waals surface area contributed by atoms with Crippen LogP contribution in [-0.2, 0) is 28.7 Å². The summed E-state index contributed by atoms with van der Waals surface area (Å²) >= 11 is 0. The molecule has 0 radical (unpaired) electrons. The molecule has 0 aromatic rings. The van der Waals surface area contributed by atoms with Gasteiger partial charge in [-0.3, -0.25) is 0 Å². The van der Waals surface area contributed by atoms with Gasteiger partial charge in [-0.15, -0.1) is 0 Å².